The van der Waals surface area contributed by atoms with Crippen molar-refractivity contribution in [1.29, 1.82) is 0 Å². The Morgan fingerprint density at radius 3 is 2.70 bits per heavy atom. The van der Waals surface area contributed by atoms with Crippen LogP contribution in [-0.4, -0.2) is 68.7 Å². The monoisotopic (exact) mass is 449 g/mol. The lowest BCUT2D eigenvalue weighted by Gasteiger charge is -2.69. The van der Waals surface area contributed by atoms with Crippen LogP contribution in [0.1, 0.15) is 43.0 Å². The molecule has 3 heterocycles. The first kappa shape index (κ1) is 19.6. The van der Waals surface area contributed by atoms with Crippen molar-refractivity contribution in [2.75, 3.05) is 6.54 Å². The molecule has 6 aliphatic carbocycles. The van der Waals surface area contributed by atoms with Crippen LogP contribution in [0.3, 0.4) is 0 Å². The molecule has 1 aromatic carbocycles. The number of aliphatic hydroxyl groups excluding tert-OH is 2. The van der Waals surface area contributed by atoms with Crippen LogP contribution < -0.4 is 0 Å². The first-order chi connectivity index (χ1) is 15.7. The molecule has 9 bridgehead atoms. The third kappa shape index (κ3) is 1.67. The Morgan fingerprint density at radius 1 is 1.18 bits per heavy atom. The van der Waals surface area contributed by atoms with Gasteiger partial charge in [-0.25, -0.2) is 4.79 Å². The highest BCUT2D eigenvalue weighted by atomic mass is 16.6. The number of carbonyl (C=O) groups excluding carboxylic acids is 1. The van der Waals surface area contributed by atoms with Crippen molar-refractivity contribution in [2.24, 2.45) is 34.0 Å². The number of ether oxygens (including phenoxy) is 1. The molecule has 3 N–H and O–H groups in total. The van der Waals surface area contributed by atoms with Gasteiger partial charge in [0.1, 0.15) is 12.2 Å². The summed E-state index contributed by atoms with van der Waals surface area (Å²) in [6.07, 6.45) is 0.522. The number of hydrogen-bond acceptors (Lipinski definition) is 6. The van der Waals surface area contributed by atoms with Gasteiger partial charge in [-0.05, 0) is 66.6 Å². The first-order valence-corrected chi connectivity index (χ1v) is 12.5. The second-order valence-corrected chi connectivity index (χ2v) is 12.5. The van der Waals surface area contributed by atoms with Gasteiger partial charge >= 0.3 is 5.97 Å². The number of fused-ring (bicyclic) bond motifs is 1. The smallest absolute Gasteiger partial charge is 0.338 e. The minimum absolute atomic E-state index is 0.0281. The normalized spacial score (nSPS) is 60.5. The van der Waals surface area contributed by atoms with Crippen LogP contribution >= 0.6 is 0 Å². The standard InChI is InChI=1S/C27H31NO5/c1-13-15-8-16-20-27-19-17(10-25(16,21(13)29)26(27,32)9-15)28(20)12-24(19,2)11-18(22(27)30)33-23(31)14-6-4-3-5-7-14/h3-7,15-22,29-30,32H,1,8-12H2,2H3/t15-,16+,17-,18+,19+,20+,21+,22+,24+,25-,26-,27+/m0/s1. The third-order valence-corrected chi connectivity index (χ3v) is 11.8. The van der Waals surface area contributed by atoms with Crippen molar-refractivity contribution in [3.63, 3.8) is 0 Å². The Hall–Kier alpha value is -1.73. The summed E-state index contributed by atoms with van der Waals surface area (Å²) in [6.45, 7) is 7.40. The number of carbonyl (C=O) groups is 1. The summed E-state index contributed by atoms with van der Waals surface area (Å²) < 4.78 is 6.03. The molecule has 0 amide bonds. The van der Waals surface area contributed by atoms with Crippen LogP contribution in [0, 0.1) is 34.0 Å². The van der Waals surface area contributed by atoms with Gasteiger partial charge in [0.25, 0.3) is 0 Å². The largest absolute Gasteiger partial charge is 0.456 e. The molecule has 2 spiro atoms. The Labute approximate surface area is 193 Å². The van der Waals surface area contributed by atoms with E-state index in [1.165, 1.54) is 0 Å². The molecule has 174 valence electrons. The summed E-state index contributed by atoms with van der Waals surface area (Å²) in [6, 6.07) is 9.22. The van der Waals surface area contributed by atoms with E-state index in [1.807, 2.05) is 6.07 Å². The zero-order valence-corrected chi connectivity index (χ0v) is 18.9. The summed E-state index contributed by atoms with van der Waals surface area (Å²) >= 11 is 0. The lowest BCUT2D eigenvalue weighted by atomic mass is 9.37. The molecule has 33 heavy (non-hydrogen) atoms. The molecular weight excluding hydrogens is 418 g/mol. The van der Waals surface area contributed by atoms with Crippen molar-refractivity contribution < 1.29 is 24.9 Å². The molecule has 0 aromatic heterocycles. The Kier molecular flexibility index (Phi) is 3.20. The molecule has 1 unspecified atom stereocenters. The summed E-state index contributed by atoms with van der Waals surface area (Å²) in [5, 5.41) is 36.3. The molecule has 10 rings (SSSR count). The number of piperidine rings is 2. The quantitative estimate of drug-likeness (QED) is 0.471. The molecule has 9 fully saturated rings. The van der Waals surface area contributed by atoms with E-state index in [9.17, 15) is 20.1 Å². The number of benzene rings is 1. The molecule has 9 aliphatic rings. The zero-order valence-electron chi connectivity index (χ0n) is 18.9. The van der Waals surface area contributed by atoms with E-state index >= 15 is 0 Å². The van der Waals surface area contributed by atoms with Crippen molar-refractivity contribution in [2.45, 2.75) is 68.6 Å². The van der Waals surface area contributed by atoms with E-state index in [0.29, 0.717) is 18.4 Å². The number of hydrogen-bond donors (Lipinski definition) is 3. The SMILES string of the molecule is C=C1[C@H]2C[C@@H]3[C@H]4N5C[C@@]6(C)C[C@@H](OC(=O)c7ccccc7)[C@@H](O)[C@@]47[C@@H]6[C@@H]5C[C@]3([C@@H]1O)[C@@]7(O)C2. The van der Waals surface area contributed by atoms with Crippen LogP contribution in [0.25, 0.3) is 0 Å². The highest BCUT2D eigenvalue weighted by molar-refractivity contribution is 5.89. The van der Waals surface area contributed by atoms with Gasteiger partial charge in [0.15, 0.2) is 0 Å². The average molecular weight is 450 g/mol. The fraction of sp³-hybridized carbons (Fsp3) is 0.667. The van der Waals surface area contributed by atoms with Gasteiger partial charge in [-0.3, -0.25) is 4.90 Å². The van der Waals surface area contributed by atoms with Gasteiger partial charge < -0.3 is 20.1 Å². The lowest BCUT2D eigenvalue weighted by Crippen LogP contribution is -2.77. The lowest BCUT2D eigenvalue weighted by molar-refractivity contribution is -0.303. The van der Waals surface area contributed by atoms with Gasteiger partial charge in [-0.1, -0.05) is 31.7 Å². The maximum Gasteiger partial charge on any atom is 0.338 e. The fourth-order valence-electron chi connectivity index (χ4n) is 11.3. The second kappa shape index (κ2) is 5.40. The second-order valence-electron chi connectivity index (χ2n) is 12.5. The van der Waals surface area contributed by atoms with Crippen LogP contribution in [0.5, 0.6) is 0 Å². The number of rotatable bonds is 2. The van der Waals surface area contributed by atoms with E-state index in [2.05, 4.69) is 18.4 Å². The minimum Gasteiger partial charge on any atom is -0.456 e. The summed E-state index contributed by atoms with van der Waals surface area (Å²) in [5.74, 6) is -0.0439. The van der Waals surface area contributed by atoms with E-state index in [1.54, 1.807) is 24.3 Å². The summed E-state index contributed by atoms with van der Waals surface area (Å²) in [5.41, 5.74) is -1.38. The van der Waals surface area contributed by atoms with Gasteiger partial charge in [0, 0.05) is 24.0 Å². The summed E-state index contributed by atoms with van der Waals surface area (Å²) in [7, 11) is 0. The Bertz CT molecular complexity index is 1120. The molecule has 13 atom stereocenters. The molecule has 1 aromatic rings. The van der Waals surface area contributed by atoms with E-state index in [-0.39, 0.29) is 35.3 Å². The van der Waals surface area contributed by atoms with Gasteiger partial charge in [0.05, 0.1) is 22.7 Å². The number of nitrogens with zero attached hydrogens (tertiary/aromatic N) is 1. The van der Waals surface area contributed by atoms with Crippen molar-refractivity contribution >= 4 is 5.97 Å². The molecule has 6 nitrogen and oxygen atoms in total. The van der Waals surface area contributed by atoms with E-state index in [4.69, 9.17) is 4.74 Å². The third-order valence-electron chi connectivity index (χ3n) is 11.8. The highest BCUT2D eigenvalue weighted by Crippen LogP contribution is 2.88. The molecule has 3 aliphatic heterocycles. The molecule has 6 saturated carbocycles. The molecule has 0 radical (unpaired) electrons. The first-order valence-electron chi connectivity index (χ1n) is 12.5. The van der Waals surface area contributed by atoms with Crippen LogP contribution in [-0.2, 0) is 4.74 Å². The maximum absolute atomic E-state index is 13.0. The van der Waals surface area contributed by atoms with Gasteiger partial charge in [-0.2, -0.15) is 0 Å². The van der Waals surface area contributed by atoms with E-state index in [0.717, 1.165) is 25.0 Å². The zero-order chi connectivity index (χ0) is 22.7. The number of esters is 1. The van der Waals surface area contributed by atoms with Gasteiger partial charge in [-0.15, -0.1) is 0 Å². The minimum atomic E-state index is -1.17. The van der Waals surface area contributed by atoms with E-state index < -0.39 is 40.7 Å². The van der Waals surface area contributed by atoms with Crippen LogP contribution in [0.4, 0.5) is 0 Å². The molecule has 3 saturated heterocycles. The van der Waals surface area contributed by atoms with Crippen molar-refractivity contribution in [1.82, 2.24) is 4.90 Å². The average Bonchev–Trinajstić information content (AvgIpc) is 3.20. The molecule has 6 heteroatoms. The topological polar surface area (TPSA) is 90.2 Å². The summed E-state index contributed by atoms with van der Waals surface area (Å²) in [4.78, 5) is 15.6. The Balaban J connectivity index is 1.28. The fourth-order valence-corrected chi connectivity index (χ4v) is 11.3. The van der Waals surface area contributed by atoms with Gasteiger partial charge in [0.2, 0.25) is 0 Å². The Morgan fingerprint density at radius 2 is 1.94 bits per heavy atom. The highest BCUT2D eigenvalue weighted by Gasteiger charge is 2.95. The van der Waals surface area contributed by atoms with Crippen molar-refractivity contribution in [3.05, 3.63) is 48.0 Å². The predicted octanol–water partition coefficient (Wildman–Crippen LogP) is 1.74. The van der Waals surface area contributed by atoms with Crippen LogP contribution in [0.15, 0.2) is 42.5 Å². The maximum atomic E-state index is 13.0. The molecular formula is C27H31NO5. The van der Waals surface area contributed by atoms with Crippen molar-refractivity contribution in [3.8, 4) is 0 Å². The van der Waals surface area contributed by atoms with Crippen LogP contribution in [0.2, 0.25) is 0 Å². The predicted molar refractivity (Wildman–Crippen MR) is 118 cm³/mol. The number of aliphatic hydroxyl groups is 3.